The van der Waals surface area contributed by atoms with Gasteiger partial charge in [-0.2, -0.15) is 0 Å². The molecule has 0 saturated carbocycles. The highest BCUT2D eigenvalue weighted by atomic mass is 16.5. The van der Waals surface area contributed by atoms with Crippen molar-refractivity contribution in [3.05, 3.63) is 23.8 Å². The quantitative estimate of drug-likeness (QED) is 0.795. The maximum Gasteiger partial charge on any atom is 0.329 e. The highest BCUT2D eigenvalue weighted by Gasteiger charge is 2.33. The summed E-state index contributed by atoms with van der Waals surface area (Å²) in [4.78, 5) is 23.1. The molecule has 2 N–H and O–H groups in total. The summed E-state index contributed by atoms with van der Waals surface area (Å²) in [5.41, 5.74) is 0.957. The van der Waals surface area contributed by atoms with Crippen LogP contribution in [-0.4, -0.2) is 38.2 Å². The Balaban J connectivity index is 2.07. The standard InChI is InChI=1S/C15H20N2O4/c1-15(16-2,14(19)20-3)9-21-11-5-6-12-10(8-11)4-7-13(18)17-12/h5-6,8,16H,4,7,9H2,1-3H3,(H,17,18). The number of esters is 1. The summed E-state index contributed by atoms with van der Waals surface area (Å²) in [7, 11) is 3.03. The summed E-state index contributed by atoms with van der Waals surface area (Å²) in [6.45, 7) is 1.87. The molecule has 114 valence electrons. The van der Waals surface area contributed by atoms with E-state index in [1.807, 2.05) is 12.1 Å². The first-order valence-electron chi connectivity index (χ1n) is 6.81. The molecule has 0 aliphatic carbocycles. The fourth-order valence-electron chi connectivity index (χ4n) is 2.14. The van der Waals surface area contributed by atoms with Crippen LogP contribution in [0.5, 0.6) is 5.75 Å². The Labute approximate surface area is 123 Å². The molecule has 1 aromatic carbocycles. The second kappa shape index (κ2) is 6.13. The number of hydrogen-bond donors (Lipinski definition) is 2. The zero-order valence-electron chi connectivity index (χ0n) is 12.5. The lowest BCUT2D eigenvalue weighted by Gasteiger charge is -2.26. The van der Waals surface area contributed by atoms with Gasteiger partial charge in [0.25, 0.3) is 0 Å². The number of anilines is 1. The molecule has 1 atom stereocenters. The number of carbonyl (C=O) groups excluding carboxylic acids is 2. The van der Waals surface area contributed by atoms with E-state index in [4.69, 9.17) is 9.47 Å². The number of fused-ring (bicyclic) bond motifs is 1. The molecule has 6 heteroatoms. The van der Waals surface area contributed by atoms with Crippen molar-refractivity contribution >= 4 is 17.6 Å². The number of benzene rings is 1. The molecule has 0 fully saturated rings. The van der Waals surface area contributed by atoms with E-state index < -0.39 is 5.54 Å². The molecule has 0 saturated heterocycles. The minimum absolute atomic E-state index is 0.0321. The Morgan fingerprint density at radius 3 is 2.86 bits per heavy atom. The van der Waals surface area contributed by atoms with Crippen LogP contribution in [0.4, 0.5) is 5.69 Å². The first-order valence-corrected chi connectivity index (χ1v) is 6.81. The first-order chi connectivity index (χ1) is 9.98. The third kappa shape index (κ3) is 3.33. The zero-order chi connectivity index (χ0) is 15.5. The fourth-order valence-corrected chi connectivity index (χ4v) is 2.14. The average Bonchev–Trinajstić information content (AvgIpc) is 2.51. The zero-order valence-corrected chi connectivity index (χ0v) is 12.5. The van der Waals surface area contributed by atoms with Gasteiger partial charge in [-0.05, 0) is 44.2 Å². The Kier molecular flexibility index (Phi) is 4.47. The molecule has 2 rings (SSSR count). The molecular formula is C15H20N2O4. The molecule has 0 spiro atoms. The van der Waals surface area contributed by atoms with Crippen LogP contribution < -0.4 is 15.4 Å². The van der Waals surface area contributed by atoms with Gasteiger partial charge in [0.15, 0.2) is 0 Å². The van der Waals surface area contributed by atoms with Gasteiger partial charge in [0, 0.05) is 12.1 Å². The Morgan fingerprint density at radius 2 is 2.19 bits per heavy atom. The molecule has 1 heterocycles. The lowest BCUT2D eigenvalue weighted by molar-refractivity contribution is -0.149. The molecule has 0 radical (unpaired) electrons. The third-order valence-electron chi connectivity index (χ3n) is 3.69. The van der Waals surface area contributed by atoms with Crippen LogP contribution in [0, 0.1) is 0 Å². The van der Waals surface area contributed by atoms with E-state index in [9.17, 15) is 9.59 Å². The second-order valence-electron chi connectivity index (χ2n) is 5.23. The van der Waals surface area contributed by atoms with Crippen molar-refractivity contribution in [2.75, 3.05) is 26.1 Å². The molecule has 0 bridgehead atoms. The summed E-state index contributed by atoms with van der Waals surface area (Å²) >= 11 is 0. The van der Waals surface area contributed by atoms with Crippen molar-refractivity contribution < 1.29 is 19.1 Å². The molecule has 1 aliphatic rings. The van der Waals surface area contributed by atoms with Crippen LogP contribution in [0.25, 0.3) is 0 Å². The van der Waals surface area contributed by atoms with E-state index in [0.29, 0.717) is 18.6 Å². The number of aryl methyl sites for hydroxylation is 1. The predicted molar refractivity (Wildman–Crippen MR) is 78.4 cm³/mol. The molecule has 6 nitrogen and oxygen atoms in total. The molecule has 21 heavy (non-hydrogen) atoms. The van der Waals surface area contributed by atoms with Crippen LogP contribution in [0.2, 0.25) is 0 Å². The highest BCUT2D eigenvalue weighted by molar-refractivity contribution is 5.94. The van der Waals surface area contributed by atoms with Gasteiger partial charge in [-0.25, -0.2) is 4.79 Å². The summed E-state index contributed by atoms with van der Waals surface area (Å²) in [5.74, 6) is 0.315. The van der Waals surface area contributed by atoms with E-state index in [1.54, 1.807) is 20.0 Å². The number of ether oxygens (including phenoxy) is 2. The van der Waals surface area contributed by atoms with Crippen molar-refractivity contribution in [3.8, 4) is 5.75 Å². The third-order valence-corrected chi connectivity index (χ3v) is 3.69. The van der Waals surface area contributed by atoms with Gasteiger partial charge in [0.2, 0.25) is 5.91 Å². The number of carbonyl (C=O) groups is 2. The van der Waals surface area contributed by atoms with E-state index in [0.717, 1.165) is 11.3 Å². The van der Waals surface area contributed by atoms with E-state index in [1.165, 1.54) is 7.11 Å². The predicted octanol–water partition coefficient (Wildman–Crippen LogP) is 1.10. The largest absolute Gasteiger partial charge is 0.491 e. The van der Waals surface area contributed by atoms with Gasteiger partial charge >= 0.3 is 5.97 Å². The van der Waals surface area contributed by atoms with Crippen molar-refractivity contribution in [1.29, 1.82) is 0 Å². The summed E-state index contributed by atoms with van der Waals surface area (Å²) < 4.78 is 10.5. The Morgan fingerprint density at radius 1 is 1.43 bits per heavy atom. The maximum absolute atomic E-state index is 11.7. The first kappa shape index (κ1) is 15.3. The number of rotatable bonds is 5. The number of amides is 1. The average molecular weight is 292 g/mol. The lowest BCUT2D eigenvalue weighted by atomic mass is 10.0. The van der Waals surface area contributed by atoms with Crippen LogP contribution in [0.3, 0.4) is 0 Å². The second-order valence-corrected chi connectivity index (χ2v) is 5.23. The number of methoxy groups -OCH3 is 1. The van der Waals surface area contributed by atoms with Gasteiger partial charge < -0.3 is 20.1 Å². The SMILES string of the molecule is CNC(C)(COc1ccc2c(c1)CCC(=O)N2)C(=O)OC. The Bertz CT molecular complexity index is 559. The molecule has 1 unspecified atom stereocenters. The molecular weight excluding hydrogens is 272 g/mol. The number of likely N-dealkylation sites (N-methyl/N-ethyl adjacent to an activating group) is 1. The van der Waals surface area contributed by atoms with Gasteiger partial charge in [-0.15, -0.1) is 0 Å². The number of hydrogen-bond acceptors (Lipinski definition) is 5. The summed E-state index contributed by atoms with van der Waals surface area (Å²) in [6.07, 6.45) is 1.17. The highest BCUT2D eigenvalue weighted by Crippen LogP contribution is 2.27. The smallest absolute Gasteiger partial charge is 0.329 e. The molecule has 1 aliphatic heterocycles. The van der Waals surface area contributed by atoms with Gasteiger partial charge in [0.05, 0.1) is 7.11 Å². The lowest BCUT2D eigenvalue weighted by Crippen LogP contribution is -2.52. The van der Waals surface area contributed by atoms with E-state index in [2.05, 4.69) is 10.6 Å². The Hall–Kier alpha value is -2.08. The minimum Gasteiger partial charge on any atom is -0.491 e. The minimum atomic E-state index is -0.904. The van der Waals surface area contributed by atoms with Crippen LogP contribution in [0.15, 0.2) is 18.2 Å². The maximum atomic E-state index is 11.7. The van der Waals surface area contributed by atoms with Crippen LogP contribution in [0.1, 0.15) is 18.9 Å². The molecule has 0 aromatic heterocycles. The van der Waals surface area contributed by atoms with Gasteiger partial charge in [0.1, 0.15) is 17.9 Å². The van der Waals surface area contributed by atoms with E-state index >= 15 is 0 Å². The topological polar surface area (TPSA) is 76.7 Å². The molecule has 1 amide bonds. The molecule has 1 aromatic rings. The van der Waals surface area contributed by atoms with Crippen LogP contribution in [-0.2, 0) is 20.7 Å². The van der Waals surface area contributed by atoms with Crippen molar-refractivity contribution in [1.82, 2.24) is 5.32 Å². The van der Waals surface area contributed by atoms with E-state index in [-0.39, 0.29) is 18.5 Å². The van der Waals surface area contributed by atoms with Crippen molar-refractivity contribution in [2.45, 2.75) is 25.3 Å². The van der Waals surface area contributed by atoms with Crippen molar-refractivity contribution in [3.63, 3.8) is 0 Å². The number of nitrogens with one attached hydrogen (secondary N) is 2. The monoisotopic (exact) mass is 292 g/mol. The van der Waals surface area contributed by atoms with Crippen LogP contribution >= 0.6 is 0 Å². The fraction of sp³-hybridized carbons (Fsp3) is 0.467. The summed E-state index contributed by atoms with van der Waals surface area (Å²) in [6, 6.07) is 5.48. The summed E-state index contributed by atoms with van der Waals surface area (Å²) in [5, 5.41) is 5.73. The normalized spacial score (nSPS) is 16.4. The van der Waals surface area contributed by atoms with Gasteiger partial charge in [-0.1, -0.05) is 0 Å². The van der Waals surface area contributed by atoms with Gasteiger partial charge in [-0.3, -0.25) is 4.79 Å². The van der Waals surface area contributed by atoms with Crippen molar-refractivity contribution in [2.24, 2.45) is 0 Å².